The summed E-state index contributed by atoms with van der Waals surface area (Å²) in [4.78, 5) is 18.6. The second kappa shape index (κ2) is 15.6. The monoisotopic (exact) mass is 551 g/mol. The molecule has 1 aliphatic rings. The van der Waals surface area contributed by atoms with Crippen molar-refractivity contribution in [3.8, 4) is 0 Å². The maximum absolute atomic E-state index is 13.6. The van der Waals surface area contributed by atoms with Crippen LogP contribution in [0, 0.1) is 5.82 Å². The Kier molecular flexibility index (Phi) is 12.5. The number of rotatable bonds is 17. The third-order valence-electron chi connectivity index (χ3n) is 6.89. The SMILES string of the molecule is CCCCCCCCS(=O)(=O)N(CCN1CCCC1)CC(=O)N(Cc1ccc(F)cc1)Cc1cccs1. The summed E-state index contributed by atoms with van der Waals surface area (Å²) < 4.78 is 41.6. The van der Waals surface area contributed by atoms with E-state index >= 15 is 0 Å². The maximum atomic E-state index is 13.6. The number of carbonyl (C=O) groups excluding carboxylic acids is 1. The Bertz CT molecular complexity index is 1020. The maximum Gasteiger partial charge on any atom is 0.238 e. The van der Waals surface area contributed by atoms with Gasteiger partial charge in [0.25, 0.3) is 0 Å². The summed E-state index contributed by atoms with van der Waals surface area (Å²) in [5.41, 5.74) is 0.810. The van der Waals surface area contributed by atoms with Crippen LogP contribution in [0.2, 0.25) is 0 Å². The number of hydrogen-bond donors (Lipinski definition) is 0. The van der Waals surface area contributed by atoms with E-state index in [0.29, 0.717) is 32.6 Å². The lowest BCUT2D eigenvalue weighted by molar-refractivity contribution is -0.132. The smallest absolute Gasteiger partial charge is 0.238 e. The van der Waals surface area contributed by atoms with E-state index in [1.54, 1.807) is 28.4 Å². The lowest BCUT2D eigenvalue weighted by Crippen LogP contribution is -2.45. The molecular weight excluding hydrogens is 509 g/mol. The summed E-state index contributed by atoms with van der Waals surface area (Å²) in [7, 11) is -3.56. The van der Waals surface area contributed by atoms with E-state index < -0.39 is 10.0 Å². The van der Waals surface area contributed by atoms with Crippen molar-refractivity contribution >= 4 is 27.3 Å². The molecule has 0 aliphatic carbocycles. The second-order valence-electron chi connectivity index (χ2n) is 9.92. The van der Waals surface area contributed by atoms with E-state index in [4.69, 9.17) is 0 Å². The number of sulfonamides is 1. The predicted molar refractivity (Wildman–Crippen MR) is 149 cm³/mol. The van der Waals surface area contributed by atoms with Crippen molar-refractivity contribution in [2.24, 2.45) is 0 Å². The van der Waals surface area contributed by atoms with Crippen LogP contribution in [0.5, 0.6) is 0 Å². The van der Waals surface area contributed by atoms with Crippen LogP contribution < -0.4 is 0 Å². The molecule has 6 nitrogen and oxygen atoms in total. The Morgan fingerprint density at radius 3 is 2.38 bits per heavy atom. The average molecular weight is 552 g/mol. The fourth-order valence-electron chi connectivity index (χ4n) is 4.65. The number of nitrogens with zero attached hydrogens (tertiary/aromatic N) is 3. The van der Waals surface area contributed by atoms with Crippen molar-refractivity contribution in [1.29, 1.82) is 0 Å². The molecule has 0 spiro atoms. The molecule has 0 saturated carbocycles. The highest BCUT2D eigenvalue weighted by Gasteiger charge is 2.28. The summed E-state index contributed by atoms with van der Waals surface area (Å²) >= 11 is 1.56. The molecule has 0 atom stereocenters. The lowest BCUT2D eigenvalue weighted by Gasteiger charge is -2.28. The molecule has 0 bridgehead atoms. The molecular formula is C28H42FN3O3S2. The summed E-state index contributed by atoms with van der Waals surface area (Å²) in [5.74, 6) is -0.477. The Morgan fingerprint density at radius 2 is 1.70 bits per heavy atom. The first-order chi connectivity index (χ1) is 17.9. The number of unbranched alkanes of at least 4 members (excludes halogenated alkanes) is 5. The molecule has 1 aromatic carbocycles. The van der Waals surface area contributed by atoms with Crippen molar-refractivity contribution in [2.75, 3.05) is 38.5 Å². The van der Waals surface area contributed by atoms with Gasteiger partial charge in [-0.3, -0.25) is 4.79 Å². The van der Waals surface area contributed by atoms with Crippen LogP contribution in [-0.2, 0) is 27.9 Å². The van der Waals surface area contributed by atoms with Crippen molar-refractivity contribution in [3.63, 3.8) is 0 Å². The van der Waals surface area contributed by atoms with Crippen LogP contribution in [0.15, 0.2) is 41.8 Å². The molecule has 0 unspecified atom stereocenters. The highest BCUT2D eigenvalue weighted by atomic mass is 32.2. The third-order valence-corrected chi connectivity index (χ3v) is 9.66. The van der Waals surface area contributed by atoms with Gasteiger partial charge in [0.05, 0.1) is 18.8 Å². The number of likely N-dealkylation sites (tertiary alicyclic amines) is 1. The van der Waals surface area contributed by atoms with E-state index in [1.807, 2.05) is 17.5 Å². The number of carbonyl (C=O) groups is 1. The van der Waals surface area contributed by atoms with E-state index in [1.165, 1.54) is 22.9 Å². The Hall–Kier alpha value is -1.81. The van der Waals surface area contributed by atoms with Gasteiger partial charge in [-0.25, -0.2) is 12.8 Å². The lowest BCUT2D eigenvalue weighted by atomic mass is 10.1. The van der Waals surface area contributed by atoms with Crippen molar-refractivity contribution < 1.29 is 17.6 Å². The van der Waals surface area contributed by atoms with Crippen LogP contribution in [0.4, 0.5) is 4.39 Å². The van der Waals surface area contributed by atoms with Gasteiger partial charge < -0.3 is 9.80 Å². The molecule has 1 aliphatic heterocycles. The first kappa shape index (κ1) is 29.7. The number of halogens is 1. The molecule has 1 aromatic heterocycles. The second-order valence-corrected chi connectivity index (χ2v) is 13.0. The van der Waals surface area contributed by atoms with Gasteiger partial charge >= 0.3 is 0 Å². The van der Waals surface area contributed by atoms with E-state index in [-0.39, 0.29) is 24.0 Å². The van der Waals surface area contributed by atoms with Crippen LogP contribution in [0.1, 0.15) is 68.7 Å². The number of thiophene rings is 1. The van der Waals surface area contributed by atoms with Crippen molar-refractivity contribution in [1.82, 2.24) is 14.1 Å². The molecule has 1 saturated heterocycles. The number of benzene rings is 1. The van der Waals surface area contributed by atoms with Gasteiger partial charge in [0, 0.05) is 24.5 Å². The van der Waals surface area contributed by atoms with E-state index in [0.717, 1.165) is 62.1 Å². The molecule has 3 rings (SSSR count). The molecule has 206 valence electrons. The first-order valence-corrected chi connectivity index (χ1v) is 16.1. The number of amides is 1. The molecule has 37 heavy (non-hydrogen) atoms. The van der Waals surface area contributed by atoms with Gasteiger partial charge in [-0.05, 0) is 61.5 Å². The molecule has 0 N–H and O–H groups in total. The van der Waals surface area contributed by atoms with Crippen molar-refractivity contribution in [3.05, 3.63) is 58.0 Å². The minimum atomic E-state index is -3.56. The first-order valence-electron chi connectivity index (χ1n) is 13.6. The summed E-state index contributed by atoms with van der Waals surface area (Å²) in [5, 5.41) is 1.96. The molecule has 1 amide bonds. The summed E-state index contributed by atoms with van der Waals surface area (Å²) in [6.45, 7) is 5.62. The molecule has 1 fully saturated rings. The average Bonchev–Trinajstić information content (AvgIpc) is 3.59. The summed E-state index contributed by atoms with van der Waals surface area (Å²) in [6.07, 6.45) is 8.29. The number of hydrogen-bond acceptors (Lipinski definition) is 5. The largest absolute Gasteiger partial charge is 0.332 e. The fourth-order valence-corrected chi connectivity index (χ4v) is 6.87. The Morgan fingerprint density at radius 1 is 1.00 bits per heavy atom. The zero-order valence-electron chi connectivity index (χ0n) is 22.1. The highest BCUT2D eigenvalue weighted by molar-refractivity contribution is 7.89. The molecule has 0 radical (unpaired) electrons. The van der Waals surface area contributed by atoms with Gasteiger partial charge in [0.1, 0.15) is 5.82 Å². The van der Waals surface area contributed by atoms with Gasteiger partial charge in [-0.1, -0.05) is 57.2 Å². The minimum absolute atomic E-state index is 0.0787. The standard InChI is InChI=1S/C28H42FN3O3S2/c1-2-3-4-5-6-9-21-37(34,35)32(19-18-30-16-7-8-17-30)24-28(33)31(23-27-11-10-20-36-27)22-25-12-14-26(29)15-13-25/h10-15,20H,2-9,16-19,21-24H2,1H3. The van der Waals surface area contributed by atoms with Crippen molar-refractivity contribution in [2.45, 2.75) is 71.4 Å². The van der Waals surface area contributed by atoms with Gasteiger partial charge in [0.15, 0.2) is 0 Å². The van der Waals surface area contributed by atoms with E-state index in [9.17, 15) is 17.6 Å². The third kappa shape index (κ3) is 10.5. The van der Waals surface area contributed by atoms with Crippen LogP contribution in [0.25, 0.3) is 0 Å². The highest BCUT2D eigenvalue weighted by Crippen LogP contribution is 2.17. The van der Waals surface area contributed by atoms with Gasteiger partial charge in [0.2, 0.25) is 15.9 Å². The van der Waals surface area contributed by atoms with E-state index in [2.05, 4.69) is 11.8 Å². The zero-order chi connectivity index (χ0) is 26.5. The predicted octanol–water partition coefficient (Wildman–Crippen LogP) is 5.50. The zero-order valence-corrected chi connectivity index (χ0v) is 23.7. The Labute approximate surface area is 226 Å². The Balaban J connectivity index is 1.69. The van der Waals surface area contributed by atoms with Gasteiger partial charge in [-0.2, -0.15) is 4.31 Å². The molecule has 9 heteroatoms. The fraction of sp³-hybridized carbons (Fsp3) is 0.607. The summed E-state index contributed by atoms with van der Waals surface area (Å²) in [6, 6.07) is 10.0. The normalized spacial score (nSPS) is 14.5. The molecule has 2 heterocycles. The topological polar surface area (TPSA) is 60.9 Å². The van der Waals surface area contributed by atoms with Gasteiger partial charge in [-0.15, -0.1) is 11.3 Å². The quantitative estimate of drug-likeness (QED) is 0.244. The van der Waals surface area contributed by atoms with Crippen LogP contribution in [0.3, 0.4) is 0 Å². The molecule has 2 aromatic rings. The van der Waals surface area contributed by atoms with Crippen LogP contribution >= 0.6 is 11.3 Å². The minimum Gasteiger partial charge on any atom is -0.332 e. The van der Waals surface area contributed by atoms with Crippen LogP contribution in [-0.4, -0.2) is 66.9 Å².